The Morgan fingerprint density at radius 3 is 2.67 bits per heavy atom. The van der Waals surface area contributed by atoms with Crippen molar-refractivity contribution in [3.63, 3.8) is 0 Å². The zero-order chi connectivity index (χ0) is 26.3. The van der Waals surface area contributed by atoms with E-state index < -0.39 is 28.8 Å². The summed E-state index contributed by atoms with van der Waals surface area (Å²) in [5.41, 5.74) is 1.79. The van der Waals surface area contributed by atoms with Gasteiger partial charge in [0.15, 0.2) is 5.16 Å². The number of nitrogens with one attached hydrogen (secondary N) is 4. The first-order valence-electron chi connectivity index (χ1n) is 12.2. The van der Waals surface area contributed by atoms with Crippen LogP contribution in [0.15, 0.2) is 29.4 Å². The number of aromatic amines is 1. The highest BCUT2D eigenvalue weighted by Gasteiger charge is 2.31. The van der Waals surface area contributed by atoms with Gasteiger partial charge in [0, 0.05) is 12.5 Å². The maximum atomic E-state index is 12.9. The minimum absolute atomic E-state index is 0.0876. The molecule has 1 aromatic heterocycles. The molecular formula is C25H35N5O5S. The summed E-state index contributed by atoms with van der Waals surface area (Å²) in [7, 11) is 0. The van der Waals surface area contributed by atoms with E-state index in [4.69, 9.17) is 4.74 Å². The average Bonchev–Trinajstić information content (AvgIpc) is 3.41. The fourth-order valence-corrected chi connectivity index (χ4v) is 4.95. The van der Waals surface area contributed by atoms with E-state index in [9.17, 15) is 19.2 Å². The molecule has 1 aliphatic rings. The van der Waals surface area contributed by atoms with Crippen molar-refractivity contribution >= 4 is 47.0 Å². The monoisotopic (exact) mass is 517 g/mol. The van der Waals surface area contributed by atoms with E-state index >= 15 is 0 Å². The van der Waals surface area contributed by atoms with Crippen LogP contribution in [0.1, 0.15) is 47.0 Å². The van der Waals surface area contributed by atoms with Crippen LogP contribution in [0.25, 0.3) is 11.0 Å². The van der Waals surface area contributed by atoms with Crippen molar-refractivity contribution in [3.8, 4) is 0 Å². The normalized spacial score (nSPS) is 17.5. The van der Waals surface area contributed by atoms with Crippen LogP contribution in [0, 0.1) is 11.8 Å². The van der Waals surface area contributed by atoms with E-state index in [2.05, 4.69) is 25.9 Å². The fourth-order valence-electron chi connectivity index (χ4n) is 4.00. The first-order chi connectivity index (χ1) is 17.1. The van der Waals surface area contributed by atoms with Crippen LogP contribution >= 0.6 is 11.8 Å². The second kappa shape index (κ2) is 12.2. The highest BCUT2D eigenvalue weighted by Crippen LogP contribution is 2.32. The van der Waals surface area contributed by atoms with Gasteiger partial charge in [-0.05, 0) is 51.2 Å². The number of fused-ring (bicyclic) bond motifs is 1. The molecule has 0 spiro atoms. The third kappa shape index (κ3) is 7.97. The van der Waals surface area contributed by atoms with Crippen LogP contribution in [-0.2, 0) is 19.1 Å². The number of hydrogen-bond acceptors (Lipinski definition) is 7. The number of rotatable bonds is 12. The van der Waals surface area contributed by atoms with E-state index in [1.807, 2.05) is 52.0 Å². The molecule has 1 aliphatic heterocycles. The Hall–Kier alpha value is -3.08. The van der Waals surface area contributed by atoms with Crippen molar-refractivity contribution in [3.05, 3.63) is 24.3 Å². The molecule has 1 fully saturated rings. The van der Waals surface area contributed by atoms with Crippen LogP contribution in [0.5, 0.6) is 0 Å². The van der Waals surface area contributed by atoms with E-state index in [-0.39, 0.29) is 30.8 Å². The number of ether oxygens (including phenoxy) is 1. The smallest absolute Gasteiger partial charge is 0.407 e. The molecule has 3 atom stereocenters. The van der Waals surface area contributed by atoms with Gasteiger partial charge in [0.1, 0.15) is 18.9 Å². The number of imidazole rings is 1. The van der Waals surface area contributed by atoms with Crippen LogP contribution < -0.4 is 16.0 Å². The van der Waals surface area contributed by atoms with Crippen LogP contribution in [0.4, 0.5) is 4.79 Å². The van der Waals surface area contributed by atoms with Crippen LogP contribution in [0.3, 0.4) is 0 Å². The lowest BCUT2D eigenvalue weighted by Crippen LogP contribution is -2.51. The summed E-state index contributed by atoms with van der Waals surface area (Å²) >= 11 is 1.45. The van der Waals surface area contributed by atoms with Gasteiger partial charge < -0.3 is 30.5 Å². The summed E-state index contributed by atoms with van der Waals surface area (Å²) in [6, 6.07) is 6.04. The first kappa shape index (κ1) is 27.5. The summed E-state index contributed by atoms with van der Waals surface area (Å²) in [4.78, 5) is 56.7. The zero-order valence-electron chi connectivity index (χ0n) is 21.1. The molecule has 3 rings (SSSR count). The Labute approximate surface area is 215 Å². The summed E-state index contributed by atoms with van der Waals surface area (Å²) in [5.74, 6) is -0.795. The molecule has 3 amide bonds. The van der Waals surface area contributed by atoms with Crippen molar-refractivity contribution in [1.29, 1.82) is 0 Å². The number of carbonyl (C=O) groups is 4. The van der Waals surface area contributed by atoms with E-state index in [0.717, 1.165) is 16.2 Å². The number of alkyl carbamates (subject to hydrolysis) is 1. The number of thioether (sulfide) groups is 1. The largest absolute Gasteiger partial charge is 0.448 e. The zero-order valence-corrected chi connectivity index (χ0v) is 21.9. The van der Waals surface area contributed by atoms with Crippen LogP contribution in [-0.4, -0.2) is 64.1 Å². The molecule has 0 bridgehead atoms. The van der Waals surface area contributed by atoms with Crippen molar-refractivity contribution in [2.45, 2.75) is 68.9 Å². The number of hydrogen-bond donors (Lipinski definition) is 4. The number of carbonyl (C=O) groups excluding carboxylic acids is 4. The molecule has 196 valence electrons. The van der Waals surface area contributed by atoms with Gasteiger partial charge in [-0.3, -0.25) is 9.59 Å². The molecule has 1 saturated heterocycles. The van der Waals surface area contributed by atoms with Crippen LogP contribution in [0.2, 0.25) is 0 Å². The molecule has 10 nitrogen and oxygen atoms in total. The summed E-state index contributed by atoms with van der Waals surface area (Å²) in [5, 5.41) is 8.75. The minimum Gasteiger partial charge on any atom is -0.448 e. The average molecular weight is 518 g/mol. The van der Waals surface area contributed by atoms with Gasteiger partial charge in [0.05, 0.1) is 21.8 Å². The molecule has 0 radical (unpaired) electrons. The van der Waals surface area contributed by atoms with Crippen molar-refractivity contribution < 1.29 is 23.9 Å². The number of para-hydroxylation sites is 2. The van der Waals surface area contributed by atoms with Gasteiger partial charge >= 0.3 is 6.09 Å². The van der Waals surface area contributed by atoms with Crippen molar-refractivity contribution in [2.75, 3.05) is 13.2 Å². The fraction of sp³-hybridized carbons (Fsp3) is 0.560. The molecule has 2 aromatic rings. The predicted molar refractivity (Wildman–Crippen MR) is 137 cm³/mol. The molecule has 4 N–H and O–H groups in total. The van der Waals surface area contributed by atoms with Gasteiger partial charge in [-0.2, -0.15) is 0 Å². The number of amides is 3. The number of benzene rings is 1. The first-order valence-corrected chi connectivity index (χ1v) is 13.0. The van der Waals surface area contributed by atoms with Gasteiger partial charge in [-0.1, -0.05) is 37.7 Å². The molecule has 2 heterocycles. The number of nitrogens with zero attached hydrogens (tertiary/aromatic N) is 1. The molecule has 11 heteroatoms. The molecule has 0 saturated carbocycles. The topological polar surface area (TPSA) is 142 Å². The second-order valence-electron chi connectivity index (χ2n) is 10.1. The third-order valence-corrected chi connectivity index (χ3v) is 6.86. The third-order valence-electron chi connectivity index (χ3n) is 5.80. The number of aldehydes is 1. The van der Waals surface area contributed by atoms with E-state index in [1.165, 1.54) is 11.8 Å². The van der Waals surface area contributed by atoms with Crippen molar-refractivity contribution in [1.82, 2.24) is 25.9 Å². The second-order valence-corrected chi connectivity index (χ2v) is 11.8. The van der Waals surface area contributed by atoms with E-state index in [1.54, 1.807) is 0 Å². The predicted octanol–water partition coefficient (Wildman–Crippen LogP) is 2.78. The summed E-state index contributed by atoms with van der Waals surface area (Å²) < 4.78 is 4.97. The molecule has 36 heavy (non-hydrogen) atoms. The van der Waals surface area contributed by atoms with Gasteiger partial charge in [-0.15, -0.1) is 0 Å². The Bertz CT molecular complexity index is 1050. The SMILES string of the molecule is CC(C)C[C@H](NC(=O)OCC(C)(C)Sc1nc2ccccc2[nH]1)C(=O)N[C@H](C=O)C[C@@H]1CCNC1=O. The minimum atomic E-state index is -0.872. The van der Waals surface area contributed by atoms with E-state index in [0.29, 0.717) is 25.7 Å². The lowest BCUT2D eigenvalue weighted by Gasteiger charge is -2.25. The summed E-state index contributed by atoms with van der Waals surface area (Å²) in [6.45, 7) is 8.39. The highest BCUT2D eigenvalue weighted by molar-refractivity contribution is 8.00. The van der Waals surface area contributed by atoms with Gasteiger partial charge in [0.25, 0.3) is 0 Å². The Morgan fingerprint density at radius 2 is 2.03 bits per heavy atom. The number of aromatic nitrogens is 2. The molecule has 0 aliphatic carbocycles. The van der Waals surface area contributed by atoms with Gasteiger partial charge in [-0.25, -0.2) is 9.78 Å². The molecule has 1 aromatic carbocycles. The Balaban J connectivity index is 1.53. The Kier molecular flexibility index (Phi) is 9.36. The number of H-pyrrole nitrogens is 1. The standard InChI is InChI=1S/C25H35N5O5S/c1-15(2)11-20(22(33)27-17(13-31)12-16-9-10-26-21(16)32)30-24(34)35-14-25(3,4)36-23-28-18-7-5-6-8-19(18)29-23/h5-8,13,15-17,20H,9-12,14H2,1-4H3,(H,26,32)(H,27,33)(H,28,29)(H,30,34)/t16-,17-,20-/m0/s1. The lowest BCUT2D eigenvalue weighted by atomic mass is 9.98. The molecule has 0 unspecified atom stereocenters. The lowest BCUT2D eigenvalue weighted by molar-refractivity contribution is -0.127. The maximum absolute atomic E-state index is 12.9. The van der Waals surface area contributed by atoms with Crippen molar-refractivity contribution in [2.24, 2.45) is 11.8 Å². The summed E-state index contributed by atoms with van der Waals surface area (Å²) in [6.07, 6.45) is 1.14. The maximum Gasteiger partial charge on any atom is 0.407 e. The Morgan fingerprint density at radius 1 is 1.28 bits per heavy atom. The van der Waals surface area contributed by atoms with Gasteiger partial charge in [0.2, 0.25) is 11.8 Å². The molecular weight excluding hydrogens is 482 g/mol. The quantitative estimate of drug-likeness (QED) is 0.250. The highest BCUT2D eigenvalue weighted by atomic mass is 32.2.